The van der Waals surface area contributed by atoms with Gasteiger partial charge < -0.3 is 4.74 Å². The molecule has 0 aromatic heterocycles. The number of rotatable bonds is 5. The summed E-state index contributed by atoms with van der Waals surface area (Å²) >= 11 is 0.762. The molecule has 0 N–H and O–H groups in total. The SMILES string of the molecule is COC(=O)c1ccc(C=C2SC(=O)N(Cc3ccccc3[N+](=O)[O-])C2=O)cc1. The highest BCUT2D eigenvalue weighted by molar-refractivity contribution is 8.18. The van der Waals surface area contributed by atoms with Gasteiger partial charge in [-0.25, -0.2) is 4.79 Å². The Kier molecular flexibility index (Phi) is 5.55. The molecule has 2 aromatic carbocycles. The van der Waals surface area contributed by atoms with Gasteiger partial charge in [-0.1, -0.05) is 30.3 Å². The molecule has 1 heterocycles. The number of benzene rings is 2. The van der Waals surface area contributed by atoms with Crippen molar-refractivity contribution in [3.05, 3.63) is 80.2 Å². The van der Waals surface area contributed by atoms with E-state index in [0.717, 1.165) is 16.7 Å². The second kappa shape index (κ2) is 8.05. The minimum Gasteiger partial charge on any atom is -0.465 e. The molecule has 142 valence electrons. The van der Waals surface area contributed by atoms with Crippen molar-refractivity contribution in [2.24, 2.45) is 0 Å². The first-order valence-corrected chi connectivity index (χ1v) is 8.88. The number of thioether (sulfide) groups is 1. The van der Waals surface area contributed by atoms with E-state index in [1.807, 2.05) is 0 Å². The van der Waals surface area contributed by atoms with Crippen molar-refractivity contribution in [3.8, 4) is 0 Å². The molecule has 0 atom stereocenters. The van der Waals surface area contributed by atoms with E-state index in [9.17, 15) is 24.5 Å². The van der Waals surface area contributed by atoms with E-state index in [-0.39, 0.29) is 22.7 Å². The highest BCUT2D eigenvalue weighted by Gasteiger charge is 2.36. The van der Waals surface area contributed by atoms with Gasteiger partial charge in [-0.3, -0.25) is 24.6 Å². The third-order valence-corrected chi connectivity index (χ3v) is 4.93. The Morgan fingerprint density at radius 1 is 1.18 bits per heavy atom. The fourth-order valence-electron chi connectivity index (χ4n) is 2.61. The number of methoxy groups -OCH3 is 1. The van der Waals surface area contributed by atoms with Crippen LogP contribution < -0.4 is 0 Å². The van der Waals surface area contributed by atoms with Gasteiger partial charge in [0.05, 0.1) is 29.0 Å². The van der Waals surface area contributed by atoms with E-state index >= 15 is 0 Å². The number of nitro groups is 1. The van der Waals surface area contributed by atoms with Crippen molar-refractivity contribution < 1.29 is 24.0 Å². The molecule has 0 spiro atoms. The Bertz CT molecular complexity index is 1000. The fourth-order valence-corrected chi connectivity index (χ4v) is 3.45. The molecule has 1 aliphatic rings. The zero-order valence-corrected chi connectivity index (χ0v) is 15.5. The standard InChI is InChI=1S/C19H14N2O6S/c1-27-18(23)13-8-6-12(7-9-13)10-16-17(22)20(19(24)28-16)11-14-4-2-3-5-15(14)21(25)26/h2-10H,11H2,1H3. The van der Waals surface area contributed by atoms with Gasteiger partial charge >= 0.3 is 5.97 Å². The largest absolute Gasteiger partial charge is 0.465 e. The number of amides is 2. The number of para-hydroxylation sites is 1. The molecule has 2 amide bonds. The van der Waals surface area contributed by atoms with Crippen LogP contribution in [0.4, 0.5) is 10.5 Å². The lowest BCUT2D eigenvalue weighted by Gasteiger charge is -2.12. The fraction of sp³-hybridized carbons (Fsp3) is 0.105. The van der Waals surface area contributed by atoms with Gasteiger partial charge in [-0.05, 0) is 35.5 Å². The summed E-state index contributed by atoms with van der Waals surface area (Å²) in [6, 6.07) is 12.3. The van der Waals surface area contributed by atoms with Gasteiger partial charge in [0.2, 0.25) is 0 Å². The summed E-state index contributed by atoms with van der Waals surface area (Å²) in [5, 5.41) is 10.6. The monoisotopic (exact) mass is 398 g/mol. The molecule has 1 aliphatic heterocycles. The Balaban J connectivity index is 1.81. The normalized spacial score (nSPS) is 15.2. The number of hydrogen-bond acceptors (Lipinski definition) is 7. The molecule has 3 rings (SSSR count). The molecule has 2 aromatic rings. The van der Waals surface area contributed by atoms with E-state index in [4.69, 9.17) is 0 Å². The lowest BCUT2D eigenvalue weighted by molar-refractivity contribution is -0.385. The number of nitro benzene ring substituents is 1. The van der Waals surface area contributed by atoms with Crippen LogP contribution in [0.15, 0.2) is 53.4 Å². The molecular weight excluding hydrogens is 384 g/mol. The number of carbonyl (C=O) groups is 3. The number of ether oxygens (including phenoxy) is 1. The zero-order valence-electron chi connectivity index (χ0n) is 14.7. The van der Waals surface area contributed by atoms with Crippen molar-refractivity contribution in [2.75, 3.05) is 7.11 Å². The van der Waals surface area contributed by atoms with Crippen LogP contribution in [0.25, 0.3) is 6.08 Å². The maximum atomic E-state index is 12.6. The molecule has 0 unspecified atom stereocenters. The predicted molar refractivity (Wildman–Crippen MR) is 102 cm³/mol. The number of imide groups is 1. The predicted octanol–water partition coefficient (Wildman–Crippen LogP) is 3.62. The van der Waals surface area contributed by atoms with Crippen LogP contribution in [0.1, 0.15) is 21.5 Å². The van der Waals surface area contributed by atoms with Crippen molar-refractivity contribution in [3.63, 3.8) is 0 Å². The quantitative estimate of drug-likeness (QED) is 0.328. The number of hydrogen-bond donors (Lipinski definition) is 0. The Hall–Kier alpha value is -3.46. The van der Waals surface area contributed by atoms with Crippen molar-refractivity contribution in [2.45, 2.75) is 6.54 Å². The number of carbonyl (C=O) groups excluding carboxylic acids is 3. The Morgan fingerprint density at radius 2 is 1.86 bits per heavy atom. The molecule has 28 heavy (non-hydrogen) atoms. The molecule has 8 nitrogen and oxygen atoms in total. The van der Waals surface area contributed by atoms with Gasteiger partial charge in [0, 0.05) is 11.6 Å². The molecular formula is C19H14N2O6S. The first-order valence-electron chi connectivity index (χ1n) is 8.06. The van der Waals surface area contributed by atoms with Gasteiger partial charge in [0.1, 0.15) is 0 Å². The lowest BCUT2D eigenvalue weighted by atomic mass is 10.1. The van der Waals surface area contributed by atoms with E-state index in [2.05, 4.69) is 4.74 Å². The summed E-state index contributed by atoms with van der Waals surface area (Å²) in [6.45, 7) is -0.180. The second-order valence-electron chi connectivity index (χ2n) is 5.77. The van der Waals surface area contributed by atoms with Crippen LogP contribution >= 0.6 is 11.8 Å². The Labute approximate surface area is 163 Å². The molecule has 1 fully saturated rings. The highest BCUT2D eigenvalue weighted by atomic mass is 32.2. The molecule has 0 bridgehead atoms. The summed E-state index contributed by atoms with van der Waals surface area (Å²) in [6.07, 6.45) is 1.53. The minimum absolute atomic E-state index is 0.149. The van der Waals surface area contributed by atoms with Crippen LogP contribution in [0, 0.1) is 10.1 Å². The van der Waals surface area contributed by atoms with E-state index in [1.54, 1.807) is 30.3 Å². The van der Waals surface area contributed by atoms with Crippen LogP contribution in [0.3, 0.4) is 0 Å². The van der Waals surface area contributed by atoms with Crippen LogP contribution in [0.5, 0.6) is 0 Å². The molecule has 9 heteroatoms. The maximum Gasteiger partial charge on any atom is 0.337 e. The number of nitrogens with zero attached hydrogens (tertiary/aromatic N) is 2. The first kappa shape index (κ1) is 19.3. The van der Waals surface area contributed by atoms with E-state index in [1.165, 1.54) is 31.4 Å². The summed E-state index contributed by atoms with van der Waals surface area (Å²) in [5.74, 6) is -0.999. The van der Waals surface area contributed by atoms with Crippen LogP contribution in [-0.4, -0.2) is 34.0 Å². The maximum absolute atomic E-state index is 12.6. The molecule has 0 radical (unpaired) electrons. The van der Waals surface area contributed by atoms with Gasteiger partial charge in [-0.15, -0.1) is 0 Å². The summed E-state index contributed by atoms with van der Waals surface area (Å²) in [7, 11) is 1.28. The average Bonchev–Trinajstić information content (AvgIpc) is 2.95. The molecule has 1 saturated heterocycles. The molecule has 0 saturated carbocycles. The van der Waals surface area contributed by atoms with E-state index < -0.39 is 22.0 Å². The summed E-state index contributed by atoms with van der Waals surface area (Å²) in [4.78, 5) is 48.1. The van der Waals surface area contributed by atoms with Crippen molar-refractivity contribution in [1.82, 2.24) is 4.90 Å². The third-order valence-electron chi connectivity index (χ3n) is 4.02. The van der Waals surface area contributed by atoms with Crippen LogP contribution in [0.2, 0.25) is 0 Å². The zero-order chi connectivity index (χ0) is 20.3. The smallest absolute Gasteiger partial charge is 0.337 e. The average molecular weight is 398 g/mol. The summed E-state index contributed by atoms with van der Waals surface area (Å²) in [5.41, 5.74) is 1.12. The van der Waals surface area contributed by atoms with Gasteiger partial charge in [0.15, 0.2) is 0 Å². The topological polar surface area (TPSA) is 107 Å². The second-order valence-corrected chi connectivity index (χ2v) is 6.76. The lowest BCUT2D eigenvalue weighted by Crippen LogP contribution is -2.27. The van der Waals surface area contributed by atoms with Gasteiger partial charge in [0.25, 0.3) is 16.8 Å². The molecule has 0 aliphatic carbocycles. The third kappa shape index (κ3) is 3.94. The number of esters is 1. The van der Waals surface area contributed by atoms with E-state index in [0.29, 0.717) is 11.1 Å². The van der Waals surface area contributed by atoms with Gasteiger partial charge in [-0.2, -0.15) is 0 Å². The van der Waals surface area contributed by atoms with Crippen LogP contribution in [-0.2, 0) is 16.1 Å². The van der Waals surface area contributed by atoms with Crippen molar-refractivity contribution in [1.29, 1.82) is 0 Å². The Morgan fingerprint density at radius 3 is 2.50 bits per heavy atom. The first-order chi connectivity index (χ1) is 13.4. The summed E-state index contributed by atoms with van der Waals surface area (Å²) < 4.78 is 4.63. The minimum atomic E-state index is -0.548. The van der Waals surface area contributed by atoms with Crippen molar-refractivity contribution >= 4 is 40.6 Å². The highest BCUT2D eigenvalue weighted by Crippen LogP contribution is 2.34.